The van der Waals surface area contributed by atoms with Gasteiger partial charge in [-0.05, 0) is 42.2 Å². The largest absolute Gasteiger partial charge is 0.432 e. The fourth-order valence-electron chi connectivity index (χ4n) is 1.36. The molecule has 16 heavy (non-hydrogen) atoms. The number of halogens is 2. The second kappa shape index (κ2) is 4.69. The Balaban J connectivity index is 2.97. The summed E-state index contributed by atoms with van der Waals surface area (Å²) in [5, 5.41) is 1.22. The minimum atomic E-state index is -2.20. The van der Waals surface area contributed by atoms with Gasteiger partial charge in [0.05, 0.1) is 0 Å². The zero-order valence-electron chi connectivity index (χ0n) is 10.1. The van der Waals surface area contributed by atoms with Crippen molar-refractivity contribution in [3.63, 3.8) is 0 Å². The lowest BCUT2D eigenvalue weighted by Gasteiger charge is -2.35. The van der Waals surface area contributed by atoms with Crippen LogP contribution < -0.4 is 0 Å². The Labute approximate surface area is 109 Å². The molecule has 4 heteroatoms. The van der Waals surface area contributed by atoms with Crippen LogP contribution in [0.4, 0.5) is 0 Å². The lowest BCUT2D eigenvalue weighted by atomic mass is 10.0. The Morgan fingerprint density at radius 3 is 2.25 bits per heavy atom. The molecule has 1 rings (SSSR count). The monoisotopic (exact) mass is 276 g/mol. The molecule has 0 aliphatic carbocycles. The molecule has 0 heterocycles. The number of hydrogen-bond donors (Lipinski definition) is 1. The van der Waals surface area contributed by atoms with E-state index < -0.39 is 8.32 Å². The van der Waals surface area contributed by atoms with E-state index >= 15 is 0 Å². The molecule has 0 amide bonds. The fourth-order valence-corrected chi connectivity index (χ4v) is 2.46. The van der Waals surface area contributed by atoms with Gasteiger partial charge in [0.15, 0.2) is 8.32 Å². The van der Waals surface area contributed by atoms with Gasteiger partial charge < -0.3 is 4.80 Å². The summed E-state index contributed by atoms with van der Waals surface area (Å²) >= 11 is 12.0. The highest BCUT2D eigenvalue weighted by Gasteiger charge is 2.38. The quantitative estimate of drug-likeness (QED) is 0.806. The van der Waals surface area contributed by atoms with E-state index in [0.29, 0.717) is 10.0 Å². The second-order valence-electron chi connectivity index (χ2n) is 5.36. The average Bonchev–Trinajstić information content (AvgIpc) is 2.08. The molecule has 0 aliphatic rings. The van der Waals surface area contributed by atoms with Crippen molar-refractivity contribution in [3.8, 4) is 0 Å². The van der Waals surface area contributed by atoms with Gasteiger partial charge in [-0.1, -0.05) is 43.1 Å². The molecule has 0 spiro atoms. The number of hydrogen-bond acceptors (Lipinski definition) is 1. The molecule has 90 valence electrons. The van der Waals surface area contributed by atoms with Crippen LogP contribution in [0, 0.1) is 0 Å². The molecule has 1 aromatic carbocycles. The first kappa shape index (κ1) is 14.0. The summed E-state index contributed by atoms with van der Waals surface area (Å²) in [6.07, 6.45) is 0.777. The van der Waals surface area contributed by atoms with E-state index in [1.165, 1.54) is 0 Å². The van der Waals surface area contributed by atoms with Crippen molar-refractivity contribution in [3.05, 3.63) is 33.8 Å². The minimum Gasteiger partial charge on any atom is -0.432 e. The second-order valence-corrected chi connectivity index (χ2v) is 10.7. The van der Waals surface area contributed by atoms with Crippen LogP contribution in [-0.4, -0.2) is 13.1 Å². The lowest BCUT2D eigenvalue weighted by molar-refractivity contribution is 0.467. The maximum atomic E-state index is 10.2. The molecular weight excluding hydrogens is 259 g/mol. The Morgan fingerprint density at radius 1 is 1.25 bits per heavy atom. The average molecular weight is 277 g/mol. The molecule has 0 fully saturated rings. The first-order valence-corrected chi connectivity index (χ1v) is 9.00. The molecule has 1 aromatic rings. The minimum absolute atomic E-state index is 0.107. The first-order chi connectivity index (χ1) is 7.13. The van der Waals surface area contributed by atoms with Crippen LogP contribution in [0.2, 0.25) is 28.2 Å². The summed E-state index contributed by atoms with van der Waals surface area (Å²) in [5.41, 5.74) is 1.05. The van der Waals surface area contributed by atoms with Crippen LogP contribution in [-0.2, 0) is 6.42 Å². The van der Waals surface area contributed by atoms with E-state index in [-0.39, 0.29) is 5.04 Å². The van der Waals surface area contributed by atoms with Crippen molar-refractivity contribution in [2.75, 3.05) is 0 Å². The van der Waals surface area contributed by atoms with Crippen LogP contribution in [0.1, 0.15) is 19.4 Å². The third-order valence-corrected chi connectivity index (χ3v) is 7.38. The molecule has 1 N–H and O–H groups in total. The number of benzene rings is 1. The van der Waals surface area contributed by atoms with E-state index in [1.54, 1.807) is 6.07 Å². The highest BCUT2D eigenvalue weighted by Crippen LogP contribution is 2.40. The smallest absolute Gasteiger partial charge is 0.188 e. The Morgan fingerprint density at radius 2 is 1.81 bits per heavy atom. The van der Waals surface area contributed by atoms with Crippen LogP contribution in [0.25, 0.3) is 0 Å². The van der Waals surface area contributed by atoms with Crippen molar-refractivity contribution in [2.24, 2.45) is 0 Å². The molecule has 0 saturated carbocycles. The first-order valence-electron chi connectivity index (χ1n) is 5.30. The van der Waals surface area contributed by atoms with Crippen LogP contribution >= 0.6 is 23.2 Å². The van der Waals surface area contributed by atoms with Gasteiger partial charge in [0.25, 0.3) is 0 Å². The number of rotatable bonds is 3. The summed E-state index contributed by atoms with van der Waals surface area (Å²) in [4.78, 5) is 10.2. The normalized spacial score (nSPS) is 12.9. The molecule has 0 aliphatic heterocycles. The zero-order chi connectivity index (χ0) is 12.6. The summed E-state index contributed by atoms with van der Waals surface area (Å²) in [7, 11) is -2.20. The summed E-state index contributed by atoms with van der Waals surface area (Å²) in [6.45, 7) is 8.09. The third kappa shape index (κ3) is 3.23. The summed E-state index contributed by atoms with van der Waals surface area (Å²) in [6, 6.07) is 5.53. The fraction of sp³-hybridized carbons (Fsp3) is 0.500. The zero-order valence-corrected chi connectivity index (χ0v) is 12.7. The van der Waals surface area contributed by atoms with E-state index in [4.69, 9.17) is 23.2 Å². The van der Waals surface area contributed by atoms with Gasteiger partial charge in [0.2, 0.25) is 0 Å². The van der Waals surface area contributed by atoms with E-state index in [1.807, 2.05) is 25.2 Å². The summed E-state index contributed by atoms with van der Waals surface area (Å²) < 4.78 is 0. The van der Waals surface area contributed by atoms with E-state index in [0.717, 1.165) is 12.0 Å². The Bertz CT molecular complexity index is 383. The van der Waals surface area contributed by atoms with E-state index in [9.17, 15) is 4.80 Å². The van der Waals surface area contributed by atoms with Gasteiger partial charge >= 0.3 is 0 Å². The van der Waals surface area contributed by atoms with Crippen molar-refractivity contribution < 1.29 is 4.80 Å². The van der Waals surface area contributed by atoms with Gasteiger partial charge in [0.1, 0.15) is 0 Å². The van der Waals surface area contributed by atoms with Gasteiger partial charge in [0, 0.05) is 10.0 Å². The van der Waals surface area contributed by atoms with Gasteiger partial charge in [-0.3, -0.25) is 0 Å². The molecule has 0 radical (unpaired) electrons. The molecule has 0 bridgehead atoms. The predicted octanol–water partition coefficient (Wildman–Crippen LogP) is 4.51. The van der Waals surface area contributed by atoms with Gasteiger partial charge in [-0.15, -0.1) is 0 Å². The molecule has 1 nitrogen and oxygen atoms in total. The lowest BCUT2D eigenvalue weighted by Crippen LogP contribution is -2.40. The topological polar surface area (TPSA) is 20.2 Å². The molecule has 0 atom stereocenters. The molecule has 0 unspecified atom stereocenters. The van der Waals surface area contributed by atoms with Crippen LogP contribution in [0.15, 0.2) is 18.2 Å². The van der Waals surface area contributed by atoms with Crippen LogP contribution in [0.3, 0.4) is 0 Å². The van der Waals surface area contributed by atoms with E-state index in [2.05, 4.69) is 13.8 Å². The molecule has 0 aromatic heterocycles. The Kier molecular flexibility index (Phi) is 4.12. The van der Waals surface area contributed by atoms with Gasteiger partial charge in [-0.2, -0.15) is 0 Å². The van der Waals surface area contributed by atoms with Crippen molar-refractivity contribution in [1.82, 2.24) is 0 Å². The highest BCUT2D eigenvalue weighted by molar-refractivity contribution is 6.72. The standard InChI is InChI=1S/C12H18Cl2OSi/c1-12(2,16(3,4)15)8-9-5-6-10(13)7-11(9)14/h5-7,15H,8H2,1-4H3. The molecule has 0 saturated heterocycles. The van der Waals surface area contributed by atoms with Crippen molar-refractivity contribution >= 4 is 31.5 Å². The maximum Gasteiger partial charge on any atom is 0.188 e. The third-order valence-electron chi connectivity index (χ3n) is 3.30. The van der Waals surface area contributed by atoms with Crippen molar-refractivity contribution in [1.29, 1.82) is 0 Å². The van der Waals surface area contributed by atoms with Crippen LogP contribution in [0.5, 0.6) is 0 Å². The predicted molar refractivity (Wildman–Crippen MR) is 73.9 cm³/mol. The summed E-state index contributed by atoms with van der Waals surface area (Å²) in [5.74, 6) is 0. The highest BCUT2D eigenvalue weighted by atomic mass is 35.5. The SMILES string of the molecule is CC(C)(Cc1ccc(Cl)cc1Cl)[Si](C)(C)O. The van der Waals surface area contributed by atoms with Gasteiger partial charge in [-0.25, -0.2) is 0 Å². The Hall–Kier alpha value is -0.0231. The van der Waals surface area contributed by atoms with Crippen molar-refractivity contribution in [2.45, 2.75) is 38.4 Å². The maximum absolute atomic E-state index is 10.2. The molecular formula is C12H18Cl2OSi.